The molecule has 0 saturated heterocycles. The number of alkyl halides is 3. The predicted molar refractivity (Wildman–Crippen MR) is 57.7 cm³/mol. The van der Waals surface area contributed by atoms with Gasteiger partial charge in [-0.2, -0.15) is 13.2 Å². The Bertz CT molecular complexity index is 569. The van der Waals surface area contributed by atoms with Crippen LogP contribution in [0.2, 0.25) is 0 Å². The summed E-state index contributed by atoms with van der Waals surface area (Å²) in [5, 5.41) is 0.594. The Morgan fingerprint density at radius 2 is 2.00 bits per heavy atom. The molecule has 17 heavy (non-hydrogen) atoms. The van der Waals surface area contributed by atoms with E-state index >= 15 is 0 Å². The Morgan fingerprint density at radius 1 is 1.18 bits per heavy atom. The first-order chi connectivity index (χ1) is 8.05. The van der Waals surface area contributed by atoms with Crippen LogP contribution in [-0.2, 0) is 19.1 Å². The lowest BCUT2D eigenvalue weighted by Gasteiger charge is -2.15. The molecule has 0 aliphatic carbocycles. The fourth-order valence-electron chi connectivity index (χ4n) is 2.39. The molecule has 2 aromatic rings. The smallest absolute Gasteiger partial charge is 0.330 e. The Labute approximate surface area is 96.1 Å². The Morgan fingerprint density at radius 3 is 2.76 bits per heavy atom. The van der Waals surface area contributed by atoms with Gasteiger partial charge in [-0.05, 0) is 31.4 Å². The number of halogens is 3. The molecule has 90 valence electrons. The summed E-state index contributed by atoms with van der Waals surface area (Å²) >= 11 is 0. The number of hydrogen-bond acceptors (Lipinski definition) is 1. The molecule has 0 aromatic carbocycles. The summed E-state index contributed by atoms with van der Waals surface area (Å²) in [6.45, 7) is 0.858. The molecule has 0 radical (unpaired) electrons. The molecular formula is C12H11F3N2. The number of aryl methyl sites for hydroxylation is 2. The van der Waals surface area contributed by atoms with Gasteiger partial charge in [0, 0.05) is 23.8 Å². The molecule has 3 rings (SSSR count). The van der Waals surface area contributed by atoms with Crippen molar-refractivity contribution in [2.45, 2.75) is 32.0 Å². The third-order valence-electron chi connectivity index (χ3n) is 3.21. The second kappa shape index (κ2) is 3.48. The molecule has 3 heterocycles. The number of fused-ring (bicyclic) bond motifs is 3. The zero-order valence-electron chi connectivity index (χ0n) is 9.09. The normalized spacial score (nSPS) is 16.2. The molecule has 0 bridgehead atoms. The van der Waals surface area contributed by atoms with Crippen LogP contribution in [0.15, 0.2) is 18.3 Å². The summed E-state index contributed by atoms with van der Waals surface area (Å²) in [6, 6.07) is 3.02. The molecule has 0 amide bonds. The summed E-state index contributed by atoms with van der Waals surface area (Å²) in [7, 11) is 0. The Kier molecular flexibility index (Phi) is 2.18. The molecular weight excluding hydrogens is 229 g/mol. The first-order valence-electron chi connectivity index (χ1n) is 5.61. The van der Waals surface area contributed by atoms with Crippen LogP contribution >= 0.6 is 0 Å². The highest BCUT2D eigenvalue weighted by Crippen LogP contribution is 2.32. The summed E-state index contributed by atoms with van der Waals surface area (Å²) in [6.07, 6.45) is -0.298. The summed E-state index contributed by atoms with van der Waals surface area (Å²) in [5.41, 5.74) is 1.10. The molecule has 1 aliphatic rings. The second-order valence-electron chi connectivity index (χ2n) is 4.38. The molecule has 2 nitrogen and oxygen atoms in total. The zero-order valence-corrected chi connectivity index (χ0v) is 9.09. The lowest BCUT2D eigenvalue weighted by atomic mass is 10.1. The van der Waals surface area contributed by atoms with Gasteiger partial charge in [0.25, 0.3) is 0 Å². The first kappa shape index (κ1) is 10.6. The Balaban J connectivity index is 2.18. The lowest BCUT2D eigenvalue weighted by molar-refractivity contribution is -0.137. The van der Waals surface area contributed by atoms with E-state index in [9.17, 15) is 13.2 Å². The highest BCUT2D eigenvalue weighted by atomic mass is 19.4. The highest BCUT2D eigenvalue weighted by molar-refractivity contribution is 5.78. The number of pyridine rings is 1. The van der Waals surface area contributed by atoms with Crippen LogP contribution in [0.3, 0.4) is 0 Å². The van der Waals surface area contributed by atoms with E-state index in [1.54, 1.807) is 0 Å². The van der Waals surface area contributed by atoms with Gasteiger partial charge >= 0.3 is 6.18 Å². The van der Waals surface area contributed by atoms with E-state index in [0.717, 1.165) is 37.7 Å². The summed E-state index contributed by atoms with van der Waals surface area (Å²) < 4.78 is 39.7. The van der Waals surface area contributed by atoms with Gasteiger partial charge in [0.05, 0.1) is 5.56 Å². The molecule has 0 fully saturated rings. The van der Waals surface area contributed by atoms with Crippen molar-refractivity contribution in [3.63, 3.8) is 0 Å². The van der Waals surface area contributed by atoms with Crippen LogP contribution in [-0.4, -0.2) is 9.55 Å². The largest absolute Gasteiger partial charge is 0.417 e. The fourth-order valence-corrected chi connectivity index (χ4v) is 2.39. The molecule has 0 unspecified atom stereocenters. The van der Waals surface area contributed by atoms with Crippen LogP contribution in [0.4, 0.5) is 13.2 Å². The van der Waals surface area contributed by atoms with Gasteiger partial charge in [0.2, 0.25) is 0 Å². The van der Waals surface area contributed by atoms with Gasteiger partial charge in [0.15, 0.2) is 0 Å². The molecule has 2 aromatic heterocycles. The molecule has 1 aliphatic heterocycles. The van der Waals surface area contributed by atoms with Crippen LogP contribution in [0.25, 0.3) is 11.0 Å². The fraction of sp³-hybridized carbons (Fsp3) is 0.417. The third kappa shape index (κ3) is 1.69. The lowest BCUT2D eigenvalue weighted by Crippen LogP contribution is -2.10. The van der Waals surface area contributed by atoms with E-state index in [2.05, 4.69) is 4.98 Å². The maximum absolute atomic E-state index is 12.6. The van der Waals surface area contributed by atoms with E-state index in [-0.39, 0.29) is 0 Å². The van der Waals surface area contributed by atoms with Gasteiger partial charge in [-0.3, -0.25) is 0 Å². The third-order valence-corrected chi connectivity index (χ3v) is 3.21. The number of hydrogen-bond donors (Lipinski definition) is 0. The van der Waals surface area contributed by atoms with Crippen LogP contribution in [0.1, 0.15) is 24.1 Å². The topological polar surface area (TPSA) is 17.8 Å². The number of aromatic nitrogens is 2. The molecule has 0 N–H and O–H groups in total. The van der Waals surface area contributed by atoms with Gasteiger partial charge in [-0.25, -0.2) is 4.98 Å². The van der Waals surface area contributed by atoms with E-state index in [0.29, 0.717) is 11.0 Å². The highest BCUT2D eigenvalue weighted by Gasteiger charge is 2.31. The molecule has 0 spiro atoms. The molecule has 0 atom stereocenters. The zero-order chi connectivity index (χ0) is 12.0. The van der Waals surface area contributed by atoms with E-state index < -0.39 is 11.7 Å². The van der Waals surface area contributed by atoms with Gasteiger partial charge in [-0.1, -0.05) is 0 Å². The average Bonchev–Trinajstić information content (AvgIpc) is 2.65. The standard InChI is InChI=1S/C12H11F3N2/c13-12(14,15)9-5-8-6-10-3-1-2-4-17(10)11(8)16-7-9/h5-7H,1-4H2. The van der Waals surface area contributed by atoms with Crippen molar-refractivity contribution in [1.82, 2.24) is 9.55 Å². The SMILES string of the molecule is FC(F)(F)c1cnc2c(c1)cc1n2CCCC1. The molecule has 0 saturated carbocycles. The van der Waals surface area contributed by atoms with Crippen molar-refractivity contribution in [3.8, 4) is 0 Å². The van der Waals surface area contributed by atoms with Gasteiger partial charge in [0.1, 0.15) is 5.65 Å². The number of rotatable bonds is 0. The summed E-state index contributed by atoms with van der Waals surface area (Å²) in [5.74, 6) is 0. The van der Waals surface area contributed by atoms with E-state index in [1.165, 1.54) is 6.07 Å². The maximum atomic E-state index is 12.6. The minimum Gasteiger partial charge on any atom is -0.330 e. The Hall–Kier alpha value is -1.52. The van der Waals surface area contributed by atoms with Crippen molar-refractivity contribution in [1.29, 1.82) is 0 Å². The van der Waals surface area contributed by atoms with Gasteiger partial charge in [-0.15, -0.1) is 0 Å². The van der Waals surface area contributed by atoms with E-state index in [1.807, 2.05) is 10.6 Å². The predicted octanol–water partition coefficient (Wildman–Crippen LogP) is 3.39. The van der Waals surface area contributed by atoms with Crippen LogP contribution in [0.5, 0.6) is 0 Å². The van der Waals surface area contributed by atoms with Crippen molar-refractivity contribution >= 4 is 11.0 Å². The first-order valence-corrected chi connectivity index (χ1v) is 5.61. The summed E-state index contributed by atoms with van der Waals surface area (Å²) in [4.78, 5) is 3.96. The van der Waals surface area contributed by atoms with Crippen molar-refractivity contribution in [3.05, 3.63) is 29.6 Å². The van der Waals surface area contributed by atoms with Gasteiger partial charge < -0.3 is 4.57 Å². The quantitative estimate of drug-likeness (QED) is 0.690. The minimum absolute atomic E-state index is 0.594. The van der Waals surface area contributed by atoms with Crippen molar-refractivity contribution < 1.29 is 13.2 Å². The monoisotopic (exact) mass is 240 g/mol. The van der Waals surface area contributed by atoms with Crippen LogP contribution in [0, 0.1) is 0 Å². The second-order valence-corrected chi connectivity index (χ2v) is 4.38. The number of nitrogens with zero attached hydrogens (tertiary/aromatic N) is 2. The van der Waals surface area contributed by atoms with Crippen molar-refractivity contribution in [2.75, 3.05) is 0 Å². The van der Waals surface area contributed by atoms with Crippen molar-refractivity contribution in [2.24, 2.45) is 0 Å². The molecule has 5 heteroatoms. The minimum atomic E-state index is -4.32. The average molecular weight is 240 g/mol. The van der Waals surface area contributed by atoms with Crippen LogP contribution < -0.4 is 0 Å². The van der Waals surface area contributed by atoms with E-state index in [4.69, 9.17) is 0 Å². The maximum Gasteiger partial charge on any atom is 0.417 e.